The number of nitrogens with zero attached hydrogens (tertiary/aromatic N) is 2. The molecular formula is C16H10Cl2N4. The Bertz CT molecular complexity index is 994. The zero-order valence-corrected chi connectivity index (χ0v) is 12.8. The number of aromatic nitrogens is 3. The Balaban J connectivity index is 1.89. The van der Waals surface area contributed by atoms with Crippen molar-refractivity contribution in [3.63, 3.8) is 0 Å². The van der Waals surface area contributed by atoms with Gasteiger partial charge in [0.05, 0.1) is 0 Å². The third-order valence-electron chi connectivity index (χ3n) is 3.43. The smallest absolute Gasteiger partial charge is 0.158 e. The summed E-state index contributed by atoms with van der Waals surface area (Å²) in [5.74, 6) is 0.694. The van der Waals surface area contributed by atoms with Gasteiger partial charge in [0.15, 0.2) is 5.82 Å². The minimum absolute atomic E-state index is 0.665. The number of hydrogen-bond donors (Lipinski definition) is 2. The fourth-order valence-corrected chi connectivity index (χ4v) is 2.82. The third-order valence-corrected chi connectivity index (χ3v) is 3.90. The number of aromatic amines is 1. The van der Waals surface area contributed by atoms with Gasteiger partial charge in [-0.2, -0.15) is 0 Å². The first kappa shape index (κ1) is 13.4. The first-order chi connectivity index (χ1) is 10.7. The van der Waals surface area contributed by atoms with Crippen molar-refractivity contribution >= 4 is 56.6 Å². The SMILES string of the molecule is Clc1cccc(Nc2ncnc3c2[nH]c2ccc(Cl)cc23)c1. The highest BCUT2D eigenvalue weighted by Crippen LogP contribution is 2.30. The quantitative estimate of drug-likeness (QED) is 0.534. The number of H-pyrrole nitrogens is 1. The maximum Gasteiger partial charge on any atom is 0.158 e. The molecule has 0 spiro atoms. The number of fused-ring (bicyclic) bond motifs is 3. The molecule has 4 rings (SSSR count). The van der Waals surface area contributed by atoms with E-state index < -0.39 is 0 Å². The van der Waals surface area contributed by atoms with Crippen LogP contribution in [0, 0.1) is 0 Å². The standard InChI is InChI=1S/C16H10Cl2N4/c17-9-2-1-3-11(6-9)21-16-15-14(19-8-20-16)12-7-10(18)4-5-13(12)22-15/h1-8,22H,(H,19,20,21). The second kappa shape index (κ2) is 5.16. The van der Waals surface area contributed by atoms with Crippen molar-refractivity contribution < 1.29 is 0 Å². The van der Waals surface area contributed by atoms with Crippen LogP contribution in [-0.4, -0.2) is 15.0 Å². The van der Waals surface area contributed by atoms with Crippen molar-refractivity contribution in [2.45, 2.75) is 0 Å². The van der Waals surface area contributed by atoms with E-state index in [9.17, 15) is 0 Å². The maximum atomic E-state index is 6.08. The largest absolute Gasteiger partial charge is 0.350 e. The van der Waals surface area contributed by atoms with Gasteiger partial charge in [0, 0.05) is 26.6 Å². The summed E-state index contributed by atoms with van der Waals surface area (Å²) in [4.78, 5) is 12.0. The number of nitrogens with one attached hydrogen (secondary N) is 2. The Morgan fingerprint density at radius 1 is 0.955 bits per heavy atom. The van der Waals surface area contributed by atoms with E-state index in [0.29, 0.717) is 15.9 Å². The Kier molecular flexibility index (Phi) is 3.13. The lowest BCUT2D eigenvalue weighted by molar-refractivity contribution is 1.22. The molecule has 0 aliphatic heterocycles. The molecule has 4 nitrogen and oxygen atoms in total. The Labute approximate surface area is 136 Å². The molecule has 2 heterocycles. The highest BCUT2D eigenvalue weighted by atomic mass is 35.5. The summed E-state index contributed by atoms with van der Waals surface area (Å²) < 4.78 is 0. The van der Waals surface area contributed by atoms with E-state index in [4.69, 9.17) is 23.2 Å². The number of anilines is 2. The highest BCUT2D eigenvalue weighted by Gasteiger charge is 2.11. The van der Waals surface area contributed by atoms with Gasteiger partial charge in [0.2, 0.25) is 0 Å². The Hall–Kier alpha value is -2.30. The molecular weight excluding hydrogens is 319 g/mol. The minimum atomic E-state index is 0.665. The Morgan fingerprint density at radius 2 is 1.82 bits per heavy atom. The van der Waals surface area contributed by atoms with Crippen molar-refractivity contribution in [2.24, 2.45) is 0 Å². The number of hydrogen-bond acceptors (Lipinski definition) is 3. The lowest BCUT2D eigenvalue weighted by atomic mass is 10.2. The predicted octanol–water partition coefficient (Wildman–Crippen LogP) is 5.16. The van der Waals surface area contributed by atoms with Crippen molar-refractivity contribution in [2.75, 3.05) is 5.32 Å². The zero-order valence-electron chi connectivity index (χ0n) is 11.3. The van der Waals surface area contributed by atoms with Gasteiger partial charge in [-0.25, -0.2) is 9.97 Å². The van der Waals surface area contributed by atoms with Crippen LogP contribution in [0.15, 0.2) is 48.8 Å². The average Bonchev–Trinajstić information content (AvgIpc) is 2.87. The van der Waals surface area contributed by atoms with Crippen LogP contribution in [0.5, 0.6) is 0 Å². The van der Waals surface area contributed by atoms with E-state index in [0.717, 1.165) is 27.6 Å². The third kappa shape index (κ3) is 2.26. The van der Waals surface area contributed by atoms with E-state index in [1.165, 1.54) is 6.33 Å². The van der Waals surface area contributed by atoms with E-state index >= 15 is 0 Å². The fraction of sp³-hybridized carbons (Fsp3) is 0. The van der Waals surface area contributed by atoms with Gasteiger partial charge in [-0.05, 0) is 36.4 Å². The molecule has 108 valence electrons. The van der Waals surface area contributed by atoms with Gasteiger partial charge in [0.1, 0.15) is 17.4 Å². The van der Waals surface area contributed by atoms with Crippen LogP contribution in [0.3, 0.4) is 0 Å². The fourth-order valence-electron chi connectivity index (χ4n) is 2.46. The summed E-state index contributed by atoms with van der Waals surface area (Å²) >= 11 is 12.1. The molecule has 0 amide bonds. The molecule has 0 aliphatic carbocycles. The Morgan fingerprint density at radius 3 is 2.68 bits per heavy atom. The van der Waals surface area contributed by atoms with Gasteiger partial charge in [-0.1, -0.05) is 29.3 Å². The van der Waals surface area contributed by atoms with E-state index in [-0.39, 0.29) is 0 Å². The van der Waals surface area contributed by atoms with Crippen molar-refractivity contribution in [1.29, 1.82) is 0 Å². The van der Waals surface area contributed by atoms with Crippen molar-refractivity contribution in [3.05, 3.63) is 58.8 Å². The summed E-state index contributed by atoms with van der Waals surface area (Å²) in [6.45, 7) is 0. The monoisotopic (exact) mass is 328 g/mol. The summed E-state index contributed by atoms with van der Waals surface area (Å²) in [6, 6.07) is 13.2. The van der Waals surface area contributed by atoms with E-state index in [1.807, 2.05) is 42.5 Å². The van der Waals surface area contributed by atoms with Crippen LogP contribution < -0.4 is 5.32 Å². The average molecular weight is 329 g/mol. The summed E-state index contributed by atoms with van der Waals surface area (Å²) in [5.41, 5.74) is 3.50. The zero-order chi connectivity index (χ0) is 15.1. The minimum Gasteiger partial charge on any atom is -0.350 e. The molecule has 4 aromatic rings. The van der Waals surface area contributed by atoms with Crippen LogP contribution in [0.2, 0.25) is 10.0 Å². The molecule has 0 bridgehead atoms. The molecule has 0 saturated carbocycles. The van der Waals surface area contributed by atoms with Crippen molar-refractivity contribution in [3.8, 4) is 0 Å². The molecule has 0 unspecified atom stereocenters. The number of benzene rings is 2. The van der Waals surface area contributed by atoms with Gasteiger partial charge in [-0.15, -0.1) is 0 Å². The second-order valence-corrected chi connectivity index (χ2v) is 5.77. The van der Waals surface area contributed by atoms with Gasteiger partial charge >= 0.3 is 0 Å². The highest BCUT2D eigenvalue weighted by molar-refractivity contribution is 6.32. The lowest BCUT2D eigenvalue weighted by Gasteiger charge is -2.06. The molecule has 0 fully saturated rings. The van der Waals surface area contributed by atoms with E-state index in [2.05, 4.69) is 20.3 Å². The van der Waals surface area contributed by atoms with Crippen LogP contribution in [-0.2, 0) is 0 Å². The summed E-state index contributed by atoms with van der Waals surface area (Å²) in [6.07, 6.45) is 1.53. The number of rotatable bonds is 2. The van der Waals surface area contributed by atoms with Crippen molar-refractivity contribution in [1.82, 2.24) is 15.0 Å². The van der Waals surface area contributed by atoms with E-state index in [1.54, 1.807) is 0 Å². The second-order valence-electron chi connectivity index (χ2n) is 4.90. The van der Waals surface area contributed by atoms with Gasteiger partial charge in [-0.3, -0.25) is 0 Å². The molecule has 2 aromatic heterocycles. The normalized spacial score (nSPS) is 11.2. The van der Waals surface area contributed by atoms with Gasteiger partial charge < -0.3 is 10.3 Å². The molecule has 0 atom stereocenters. The summed E-state index contributed by atoms with van der Waals surface area (Å²) in [5, 5.41) is 5.58. The van der Waals surface area contributed by atoms with Gasteiger partial charge in [0.25, 0.3) is 0 Å². The number of halogens is 2. The first-order valence-corrected chi connectivity index (χ1v) is 7.41. The van der Waals surface area contributed by atoms with Crippen LogP contribution in [0.4, 0.5) is 11.5 Å². The maximum absolute atomic E-state index is 6.08. The topological polar surface area (TPSA) is 53.6 Å². The molecule has 22 heavy (non-hydrogen) atoms. The molecule has 2 N–H and O–H groups in total. The summed E-state index contributed by atoms with van der Waals surface area (Å²) in [7, 11) is 0. The van der Waals surface area contributed by atoms with Crippen LogP contribution in [0.25, 0.3) is 21.9 Å². The molecule has 0 aliphatic rings. The molecule has 6 heteroatoms. The van der Waals surface area contributed by atoms with Crippen LogP contribution in [0.1, 0.15) is 0 Å². The molecule has 0 radical (unpaired) electrons. The molecule has 0 saturated heterocycles. The first-order valence-electron chi connectivity index (χ1n) is 6.65. The van der Waals surface area contributed by atoms with Crippen LogP contribution >= 0.6 is 23.2 Å². The molecule has 2 aromatic carbocycles. The lowest BCUT2D eigenvalue weighted by Crippen LogP contribution is -1.95. The predicted molar refractivity (Wildman–Crippen MR) is 91.1 cm³/mol.